The van der Waals surface area contributed by atoms with Crippen LogP contribution in [0.4, 0.5) is 10.1 Å². The number of nitrogens with zero attached hydrogens (tertiary/aromatic N) is 2. The molecule has 1 aliphatic rings. The van der Waals surface area contributed by atoms with Crippen LogP contribution >= 0.6 is 0 Å². The minimum Gasteiger partial charge on any atom is -0.505 e. The monoisotopic (exact) mass is 446 g/mol. The fourth-order valence-corrected chi connectivity index (χ4v) is 4.00. The highest BCUT2D eigenvalue weighted by Crippen LogP contribution is 2.34. The Morgan fingerprint density at radius 1 is 1.03 bits per heavy atom. The normalized spacial score (nSPS) is 14.6. The number of para-hydroxylation sites is 1. The number of rotatable bonds is 6. The first-order chi connectivity index (χ1) is 16.0. The zero-order valence-corrected chi connectivity index (χ0v) is 18.8. The minimum atomic E-state index is -0.814. The van der Waals surface area contributed by atoms with Crippen molar-refractivity contribution in [2.75, 3.05) is 45.2 Å². The van der Waals surface area contributed by atoms with Gasteiger partial charge in [0.05, 0.1) is 7.11 Å². The minimum absolute atomic E-state index is 0.184. The van der Waals surface area contributed by atoms with Gasteiger partial charge < -0.3 is 19.6 Å². The van der Waals surface area contributed by atoms with Crippen LogP contribution in [0.25, 0.3) is 17.2 Å². The number of hydrogen-bond donors (Lipinski definition) is 1. The summed E-state index contributed by atoms with van der Waals surface area (Å²) in [4.78, 5) is 17.3. The van der Waals surface area contributed by atoms with Crippen LogP contribution in [0.3, 0.4) is 0 Å². The van der Waals surface area contributed by atoms with E-state index in [-0.39, 0.29) is 11.3 Å². The van der Waals surface area contributed by atoms with Gasteiger partial charge in [0.25, 0.3) is 0 Å². The third-order valence-corrected chi connectivity index (χ3v) is 5.94. The molecule has 0 bridgehead atoms. The van der Waals surface area contributed by atoms with Gasteiger partial charge in [-0.1, -0.05) is 24.3 Å². The lowest BCUT2D eigenvalue weighted by molar-refractivity contribution is 0.104. The van der Waals surface area contributed by atoms with Crippen LogP contribution in [0, 0.1) is 5.82 Å². The van der Waals surface area contributed by atoms with E-state index < -0.39 is 11.6 Å². The lowest BCUT2D eigenvalue weighted by Crippen LogP contribution is -2.44. The maximum Gasteiger partial charge on any atom is 0.185 e. The van der Waals surface area contributed by atoms with Gasteiger partial charge in [0.2, 0.25) is 0 Å². The molecule has 3 aromatic carbocycles. The molecule has 5 nitrogen and oxygen atoms in total. The van der Waals surface area contributed by atoms with E-state index in [0.717, 1.165) is 60.4 Å². The molecule has 1 N–H and O–H groups in total. The fraction of sp³-hybridized carbons (Fsp3) is 0.222. The molecule has 1 heterocycles. The second-order valence-corrected chi connectivity index (χ2v) is 8.13. The van der Waals surface area contributed by atoms with E-state index in [0.29, 0.717) is 0 Å². The maximum absolute atomic E-state index is 13.7. The Morgan fingerprint density at radius 3 is 2.52 bits per heavy atom. The summed E-state index contributed by atoms with van der Waals surface area (Å²) >= 11 is 0. The summed E-state index contributed by atoms with van der Waals surface area (Å²) in [5.74, 6) is -0.848. The third-order valence-electron chi connectivity index (χ3n) is 5.94. The van der Waals surface area contributed by atoms with Gasteiger partial charge in [-0.05, 0) is 66.7 Å². The zero-order chi connectivity index (χ0) is 23.4. The quantitative estimate of drug-likeness (QED) is 0.433. The second-order valence-electron chi connectivity index (χ2n) is 8.13. The Hall–Kier alpha value is -3.64. The van der Waals surface area contributed by atoms with Gasteiger partial charge in [-0.25, -0.2) is 4.39 Å². The number of carbonyl (C=O) groups is 1. The summed E-state index contributed by atoms with van der Waals surface area (Å²) in [6, 6.07) is 17.7. The number of halogens is 1. The zero-order valence-electron chi connectivity index (χ0n) is 18.8. The van der Waals surface area contributed by atoms with Gasteiger partial charge >= 0.3 is 0 Å². The number of phenolic OH excluding ortho intramolecular Hbond substituents is 1. The highest BCUT2D eigenvalue weighted by Gasteiger charge is 2.18. The van der Waals surface area contributed by atoms with E-state index in [1.54, 1.807) is 13.2 Å². The molecule has 1 fully saturated rings. The van der Waals surface area contributed by atoms with Crippen molar-refractivity contribution in [3.05, 3.63) is 83.7 Å². The number of likely N-dealkylation sites (N-methyl/N-ethyl adjacent to an activating group) is 1. The van der Waals surface area contributed by atoms with Crippen molar-refractivity contribution in [1.29, 1.82) is 0 Å². The lowest BCUT2D eigenvalue weighted by atomic mass is 9.99. The first-order valence-corrected chi connectivity index (χ1v) is 10.9. The number of piperazine rings is 1. The molecule has 0 spiro atoms. The van der Waals surface area contributed by atoms with Gasteiger partial charge in [-0.15, -0.1) is 0 Å². The lowest BCUT2D eigenvalue weighted by Gasteiger charge is -2.35. The highest BCUT2D eigenvalue weighted by molar-refractivity contribution is 6.07. The predicted octanol–water partition coefficient (Wildman–Crippen LogP) is 4.85. The summed E-state index contributed by atoms with van der Waals surface area (Å²) in [5, 5.41) is 9.39. The Morgan fingerprint density at radius 2 is 1.79 bits per heavy atom. The first-order valence-electron chi connectivity index (χ1n) is 10.9. The van der Waals surface area contributed by atoms with E-state index in [4.69, 9.17) is 4.74 Å². The summed E-state index contributed by atoms with van der Waals surface area (Å²) in [6.45, 7) is 3.71. The molecule has 3 aromatic rings. The first kappa shape index (κ1) is 22.6. The van der Waals surface area contributed by atoms with Crippen LogP contribution in [-0.4, -0.2) is 56.1 Å². The molecule has 0 saturated carbocycles. The topological polar surface area (TPSA) is 53.0 Å². The Labute approximate surface area is 193 Å². The van der Waals surface area contributed by atoms with E-state index in [9.17, 15) is 14.3 Å². The number of phenols is 1. The fourth-order valence-electron chi connectivity index (χ4n) is 4.00. The second kappa shape index (κ2) is 9.88. The summed E-state index contributed by atoms with van der Waals surface area (Å²) in [6.07, 6.45) is 3.23. The Kier molecular flexibility index (Phi) is 6.75. The van der Waals surface area contributed by atoms with E-state index in [2.05, 4.69) is 29.0 Å². The molecule has 0 radical (unpaired) electrons. The number of benzene rings is 3. The van der Waals surface area contributed by atoms with Crippen molar-refractivity contribution in [3.8, 4) is 22.6 Å². The van der Waals surface area contributed by atoms with E-state index in [1.807, 2.05) is 30.3 Å². The molecule has 6 heteroatoms. The Balaban J connectivity index is 1.71. The molecule has 4 rings (SSSR count). The van der Waals surface area contributed by atoms with Crippen LogP contribution in [0.1, 0.15) is 15.9 Å². The van der Waals surface area contributed by atoms with Crippen LogP contribution < -0.4 is 9.64 Å². The number of ketones is 1. The third kappa shape index (κ3) is 5.07. The average molecular weight is 447 g/mol. The number of allylic oxidation sites excluding steroid dienone is 1. The van der Waals surface area contributed by atoms with Crippen molar-refractivity contribution in [2.45, 2.75) is 0 Å². The maximum atomic E-state index is 13.7. The van der Waals surface area contributed by atoms with Crippen molar-refractivity contribution < 1.29 is 19.0 Å². The van der Waals surface area contributed by atoms with Gasteiger partial charge in [0, 0.05) is 43.0 Å². The van der Waals surface area contributed by atoms with Crippen molar-refractivity contribution in [1.82, 2.24) is 4.90 Å². The van der Waals surface area contributed by atoms with Gasteiger partial charge in [-0.3, -0.25) is 4.79 Å². The number of anilines is 1. The summed E-state index contributed by atoms with van der Waals surface area (Å²) in [7, 11) is 3.76. The van der Waals surface area contributed by atoms with Crippen molar-refractivity contribution in [2.24, 2.45) is 0 Å². The van der Waals surface area contributed by atoms with Crippen LogP contribution in [-0.2, 0) is 0 Å². The molecule has 0 aromatic heterocycles. The van der Waals surface area contributed by atoms with Gasteiger partial charge in [0.1, 0.15) is 5.75 Å². The number of hydrogen-bond acceptors (Lipinski definition) is 5. The average Bonchev–Trinajstić information content (AvgIpc) is 2.84. The SMILES string of the molecule is COc1ccccc1-c1ccc(N2CCN(C)CC2)c(C=CC(=O)c2ccc(O)c(F)c2)c1. The number of methoxy groups -OCH3 is 1. The molecule has 0 unspecified atom stereocenters. The molecule has 1 aliphatic heterocycles. The highest BCUT2D eigenvalue weighted by atomic mass is 19.1. The van der Waals surface area contributed by atoms with Crippen LogP contribution in [0.5, 0.6) is 11.5 Å². The van der Waals surface area contributed by atoms with Crippen LogP contribution in [0.2, 0.25) is 0 Å². The molecule has 0 atom stereocenters. The number of ether oxygens (including phenoxy) is 1. The smallest absolute Gasteiger partial charge is 0.185 e. The Bertz CT molecular complexity index is 1180. The molecule has 170 valence electrons. The van der Waals surface area contributed by atoms with E-state index in [1.165, 1.54) is 18.2 Å². The molecule has 1 saturated heterocycles. The summed E-state index contributed by atoms with van der Waals surface area (Å²) in [5.41, 5.74) is 4.07. The molecule has 0 amide bonds. The number of aromatic hydroxyl groups is 1. The van der Waals surface area contributed by atoms with Gasteiger partial charge in [0.15, 0.2) is 17.3 Å². The molecule has 0 aliphatic carbocycles. The molecule has 33 heavy (non-hydrogen) atoms. The standard InChI is InChI=1S/C27H27FN2O3/c1-29-13-15-30(16-14-29)24-10-7-19(22-5-3-4-6-27(22)33-2)17-20(24)8-11-25(31)21-9-12-26(32)23(28)18-21/h3-12,17-18,32H,13-16H2,1-2H3. The van der Waals surface area contributed by atoms with Gasteiger partial charge in [-0.2, -0.15) is 0 Å². The predicted molar refractivity (Wildman–Crippen MR) is 130 cm³/mol. The van der Waals surface area contributed by atoms with Crippen LogP contribution in [0.15, 0.2) is 66.7 Å². The van der Waals surface area contributed by atoms with Crippen molar-refractivity contribution in [3.63, 3.8) is 0 Å². The summed E-state index contributed by atoms with van der Waals surface area (Å²) < 4.78 is 19.2. The molecular weight excluding hydrogens is 419 g/mol. The molecular formula is C27H27FN2O3. The van der Waals surface area contributed by atoms with E-state index >= 15 is 0 Å². The number of carbonyl (C=O) groups excluding carboxylic acids is 1. The van der Waals surface area contributed by atoms with Crippen molar-refractivity contribution >= 4 is 17.5 Å². The largest absolute Gasteiger partial charge is 0.505 e.